The Bertz CT molecular complexity index is 781. The zero-order valence-electron chi connectivity index (χ0n) is 17.5. The first-order valence-corrected chi connectivity index (χ1v) is 10.6. The number of carbonyl (C=O) groups excluding carboxylic acids is 2. The molecular formula is C22H31N3O4. The Morgan fingerprint density at radius 2 is 2.00 bits per heavy atom. The molecule has 4 rings (SSSR count). The van der Waals surface area contributed by atoms with Gasteiger partial charge >= 0.3 is 6.03 Å². The maximum Gasteiger partial charge on any atom is 0.325 e. The molecule has 158 valence electrons. The second kappa shape index (κ2) is 7.86. The van der Waals surface area contributed by atoms with Gasteiger partial charge in [0.25, 0.3) is 5.91 Å². The van der Waals surface area contributed by atoms with Gasteiger partial charge in [-0.15, -0.1) is 0 Å². The van der Waals surface area contributed by atoms with Crippen LogP contribution in [0.5, 0.6) is 11.5 Å². The van der Waals surface area contributed by atoms with Crippen LogP contribution in [0.4, 0.5) is 4.79 Å². The molecule has 1 unspecified atom stereocenters. The van der Waals surface area contributed by atoms with Crippen molar-refractivity contribution in [2.45, 2.75) is 57.7 Å². The Morgan fingerprint density at radius 3 is 2.72 bits per heavy atom. The number of hydrogen-bond donors (Lipinski definition) is 1. The van der Waals surface area contributed by atoms with E-state index in [1.807, 2.05) is 45.0 Å². The van der Waals surface area contributed by atoms with Crippen molar-refractivity contribution in [2.75, 3.05) is 26.2 Å². The molecule has 0 aliphatic carbocycles. The van der Waals surface area contributed by atoms with E-state index in [-0.39, 0.29) is 24.1 Å². The summed E-state index contributed by atoms with van der Waals surface area (Å²) < 4.78 is 12.0. The van der Waals surface area contributed by atoms with Gasteiger partial charge in [0.1, 0.15) is 18.2 Å². The second-order valence-electron chi connectivity index (χ2n) is 9.04. The van der Waals surface area contributed by atoms with Crippen molar-refractivity contribution in [3.63, 3.8) is 0 Å². The molecule has 2 saturated heterocycles. The third kappa shape index (κ3) is 4.06. The number of rotatable bonds is 5. The number of amides is 3. The van der Waals surface area contributed by atoms with Gasteiger partial charge in [-0.1, -0.05) is 12.1 Å². The number of fused-ring (bicyclic) bond motifs is 1. The predicted molar refractivity (Wildman–Crippen MR) is 109 cm³/mol. The Kier molecular flexibility index (Phi) is 5.42. The predicted octanol–water partition coefficient (Wildman–Crippen LogP) is 2.65. The zero-order chi connectivity index (χ0) is 20.6. The van der Waals surface area contributed by atoms with Crippen molar-refractivity contribution in [3.05, 3.63) is 24.3 Å². The molecular weight excluding hydrogens is 370 g/mol. The van der Waals surface area contributed by atoms with Crippen LogP contribution in [-0.4, -0.2) is 65.7 Å². The van der Waals surface area contributed by atoms with Gasteiger partial charge in [0.15, 0.2) is 11.5 Å². The largest absolute Gasteiger partial charge is 0.486 e. The highest BCUT2D eigenvalue weighted by Crippen LogP contribution is 2.32. The van der Waals surface area contributed by atoms with Crippen LogP contribution in [0.25, 0.3) is 0 Å². The van der Waals surface area contributed by atoms with E-state index < -0.39 is 5.54 Å². The van der Waals surface area contributed by atoms with Gasteiger partial charge in [0.05, 0.1) is 0 Å². The van der Waals surface area contributed by atoms with E-state index in [0.717, 1.165) is 50.4 Å². The minimum Gasteiger partial charge on any atom is -0.486 e. The minimum atomic E-state index is -0.786. The first-order valence-electron chi connectivity index (χ1n) is 10.6. The maximum absolute atomic E-state index is 12.3. The fraction of sp³-hybridized carbons (Fsp3) is 0.636. The lowest BCUT2D eigenvalue weighted by Crippen LogP contribution is -2.50. The van der Waals surface area contributed by atoms with Crippen LogP contribution in [0.1, 0.15) is 40.0 Å². The SMILES string of the molecule is CC(C[C@@H]1CCCN(C[C@H]2COc3ccccc3O2)C1)N1C(=O)NC(=O)C1(C)C. The summed E-state index contributed by atoms with van der Waals surface area (Å²) in [4.78, 5) is 28.5. The van der Waals surface area contributed by atoms with E-state index in [0.29, 0.717) is 12.5 Å². The number of carbonyl (C=O) groups is 2. The van der Waals surface area contributed by atoms with Gasteiger partial charge in [0, 0.05) is 19.1 Å². The molecule has 7 nitrogen and oxygen atoms in total. The third-order valence-corrected chi connectivity index (χ3v) is 6.34. The van der Waals surface area contributed by atoms with Crippen LogP contribution in [0.3, 0.4) is 0 Å². The summed E-state index contributed by atoms with van der Waals surface area (Å²) in [5.41, 5.74) is -0.786. The normalized spacial score (nSPS) is 27.6. The third-order valence-electron chi connectivity index (χ3n) is 6.34. The van der Waals surface area contributed by atoms with Crippen LogP contribution < -0.4 is 14.8 Å². The first kappa shape index (κ1) is 20.0. The molecule has 0 aromatic heterocycles. The molecule has 3 atom stereocenters. The Hall–Kier alpha value is -2.28. The molecule has 7 heteroatoms. The Balaban J connectivity index is 1.32. The van der Waals surface area contributed by atoms with Crippen molar-refractivity contribution < 1.29 is 19.1 Å². The van der Waals surface area contributed by atoms with Gasteiger partial charge in [-0.25, -0.2) is 4.79 Å². The summed E-state index contributed by atoms with van der Waals surface area (Å²) in [7, 11) is 0. The van der Waals surface area contributed by atoms with Gasteiger partial charge in [-0.05, 0) is 64.6 Å². The number of ether oxygens (including phenoxy) is 2. The van der Waals surface area contributed by atoms with E-state index in [4.69, 9.17) is 9.47 Å². The van der Waals surface area contributed by atoms with Crippen molar-refractivity contribution in [1.29, 1.82) is 0 Å². The number of para-hydroxylation sites is 2. The van der Waals surface area contributed by atoms with Crippen molar-refractivity contribution in [3.8, 4) is 11.5 Å². The van der Waals surface area contributed by atoms with Crippen LogP contribution in [0.2, 0.25) is 0 Å². The van der Waals surface area contributed by atoms with Crippen molar-refractivity contribution in [2.24, 2.45) is 5.92 Å². The number of likely N-dealkylation sites (tertiary alicyclic amines) is 1. The topological polar surface area (TPSA) is 71.1 Å². The molecule has 1 aromatic rings. The second-order valence-corrected chi connectivity index (χ2v) is 9.04. The highest BCUT2D eigenvalue weighted by atomic mass is 16.6. The lowest BCUT2D eigenvalue weighted by molar-refractivity contribution is -0.125. The summed E-state index contributed by atoms with van der Waals surface area (Å²) in [5.74, 6) is 1.91. The summed E-state index contributed by atoms with van der Waals surface area (Å²) in [6.45, 7) is 9.13. The van der Waals surface area contributed by atoms with Gasteiger partial charge in [0.2, 0.25) is 0 Å². The molecule has 0 bridgehead atoms. The molecule has 3 heterocycles. The number of nitrogens with zero attached hydrogens (tertiary/aromatic N) is 2. The molecule has 1 aromatic carbocycles. The number of benzene rings is 1. The lowest BCUT2D eigenvalue weighted by atomic mass is 9.90. The van der Waals surface area contributed by atoms with Gasteiger partial charge < -0.3 is 14.4 Å². The molecule has 2 fully saturated rings. The molecule has 3 aliphatic rings. The molecule has 3 aliphatic heterocycles. The van der Waals surface area contributed by atoms with Crippen LogP contribution in [-0.2, 0) is 4.79 Å². The first-order chi connectivity index (χ1) is 13.8. The van der Waals surface area contributed by atoms with E-state index in [1.165, 1.54) is 0 Å². The molecule has 0 spiro atoms. The van der Waals surface area contributed by atoms with Crippen LogP contribution >= 0.6 is 0 Å². The molecule has 0 saturated carbocycles. The van der Waals surface area contributed by atoms with E-state index in [9.17, 15) is 9.59 Å². The quantitative estimate of drug-likeness (QED) is 0.768. The fourth-order valence-electron chi connectivity index (χ4n) is 4.96. The zero-order valence-corrected chi connectivity index (χ0v) is 17.5. The van der Waals surface area contributed by atoms with Gasteiger partial charge in [-0.3, -0.25) is 15.0 Å². The number of hydrogen-bond acceptors (Lipinski definition) is 5. The molecule has 0 radical (unpaired) electrons. The highest BCUT2D eigenvalue weighted by Gasteiger charge is 2.48. The van der Waals surface area contributed by atoms with Crippen LogP contribution in [0, 0.1) is 5.92 Å². The van der Waals surface area contributed by atoms with Gasteiger partial charge in [-0.2, -0.15) is 0 Å². The number of piperidine rings is 1. The average molecular weight is 402 g/mol. The summed E-state index contributed by atoms with van der Waals surface area (Å²) in [5, 5.41) is 2.45. The number of nitrogens with one attached hydrogen (secondary N) is 1. The molecule has 29 heavy (non-hydrogen) atoms. The number of imide groups is 1. The average Bonchev–Trinajstić information content (AvgIpc) is 2.88. The van der Waals surface area contributed by atoms with Crippen molar-refractivity contribution >= 4 is 11.9 Å². The summed E-state index contributed by atoms with van der Waals surface area (Å²) >= 11 is 0. The maximum atomic E-state index is 12.3. The molecule has 1 N–H and O–H groups in total. The Labute approximate surface area is 172 Å². The van der Waals surface area contributed by atoms with Crippen molar-refractivity contribution in [1.82, 2.24) is 15.1 Å². The smallest absolute Gasteiger partial charge is 0.325 e. The highest BCUT2D eigenvalue weighted by molar-refractivity contribution is 6.06. The summed E-state index contributed by atoms with van der Waals surface area (Å²) in [6, 6.07) is 7.55. The van der Waals surface area contributed by atoms with Crippen LogP contribution in [0.15, 0.2) is 24.3 Å². The lowest BCUT2D eigenvalue weighted by Gasteiger charge is -2.39. The van der Waals surface area contributed by atoms with E-state index >= 15 is 0 Å². The monoisotopic (exact) mass is 401 g/mol. The molecule has 3 amide bonds. The van der Waals surface area contributed by atoms with E-state index in [1.54, 1.807) is 4.90 Å². The Morgan fingerprint density at radius 1 is 1.24 bits per heavy atom. The fourth-order valence-corrected chi connectivity index (χ4v) is 4.96. The minimum absolute atomic E-state index is 0.0162. The van der Waals surface area contributed by atoms with E-state index in [2.05, 4.69) is 10.2 Å². The standard InChI is InChI=1S/C22H31N3O4/c1-15(25-21(27)23-20(26)22(25,2)3)11-16-7-6-10-24(12-16)13-17-14-28-18-8-4-5-9-19(18)29-17/h4-5,8-9,15-17H,6-7,10-14H2,1-3H3,(H,23,26,27)/t15?,16-,17-/m0/s1. The summed E-state index contributed by atoms with van der Waals surface area (Å²) in [6.07, 6.45) is 3.21. The number of urea groups is 1.